The second-order valence-electron chi connectivity index (χ2n) is 6.73. The second kappa shape index (κ2) is 8.13. The number of methoxy groups -OCH3 is 1. The summed E-state index contributed by atoms with van der Waals surface area (Å²) in [6.07, 6.45) is 3.99. The number of thiazole rings is 1. The Morgan fingerprint density at radius 2 is 2.03 bits per heavy atom. The monoisotopic (exact) mass is 464 g/mol. The van der Waals surface area contributed by atoms with E-state index in [0.29, 0.717) is 27.9 Å². The Balaban J connectivity index is 1.60. The molecule has 1 aromatic carbocycles. The number of ether oxygens (including phenoxy) is 2. The van der Waals surface area contributed by atoms with Gasteiger partial charge in [0.1, 0.15) is 11.5 Å². The number of fused-ring (bicyclic) bond motifs is 2. The number of hydrogen-bond donors (Lipinski definition) is 0. The fourth-order valence-electron chi connectivity index (χ4n) is 3.29. The number of hydrogen-bond acceptors (Lipinski definition) is 9. The van der Waals surface area contributed by atoms with Gasteiger partial charge in [-0.25, -0.2) is 14.5 Å². The smallest absolute Gasteiger partial charge is 0.290 e. The van der Waals surface area contributed by atoms with Gasteiger partial charge < -0.3 is 13.9 Å². The molecule has 0 radical (unpaired) electrons. The fourth-order valence-corrected chi connectivity index (χ4v) is 4.59. The van der Waals surface area contributed by atoms with Crippen LogP contribution in [0.3, 0.4) is 0 Å². The SMILES string of the molecule is CCc1ncccc1Oc1ccc2nc(-n3c(=S)oc4c(OC)ccnc4c3=O)sc2c1. The molecule has 10 heteroatoms. The summed E-state index contributed by atoms with van der Waals surface area (Å²) < 4.78 is 19.1. The molecular formula is C22H16N4O4S2. The van der Waals surface area contributed by atoms with Crippen LogP contribution in [0.4, 0.5) is 0 Å². The largest absolute Gasteiger partial charge is 0.493 e. The summed E-state index contributed by atoms with van der Waals surface area (Å²) in [5.41, 5.74) is 1.49. The highest BCUT2D eigenvalue weighted by molar-refractivity contribution is 7.71. The average Bonchev–Trinajstić information content (AvgIpc) is 3.22. The Morgan fingerprint density at radius 1 is 1.16 bits per heavy atom. The van der Waals surface area contributed by atoms with Crippen molar-refractivity contribution in [3.8, 4) is 22.4 Å². The molecule has 0 bridgehead atoms. The molecule has 0 saturated carbocycles. The van der Waals surface area contributed by atoms with Crippen LogP contribution >= 0.6 is 23.6 Å². The molecular weight excluding hydrogens is 448 g/mol. The maximum atomic E-state index is 13.1. The van der Waals surface area contributed by atoms with Gasteiger partial charge in [-0.1, -0.05) is 18.3 Å². The first-order valence-electron chi connectivity index (χ1n) is 9.70. The molecule has 0 atom stereocenters. The zero-order chi connectivity index (χ0) is 22.2. The van der Waals surface area contributed by atoms with Gasteiger partial charge in [-0.3, -0.25) is 9.78 Å². The van der Waals surface area contributed by atoms with Crippen molar-refractivity contribution >= 4 is 44.9 Å². The van der Waals surface area contributed by atoms with Crippen molar-refractivity contribution < 1.29 is 13.9 Å². The zero-order valence-corrected chi connectivity index (χ0v) is 18.7. The van der Waals surface area contributed by atoms with E-state index in [-0.39, 0.29) is 15.9 Å². The first kappa shape index (κ1) is 20.3. The van der Waals surface area contributed by atoms with Crippen molar-refractivity contribution in [1.29, 1.82) is 0 Å². The molecule has 0 fully saturated rings. The fraction of sp³-hybridized carbons (Fsp3) is 0.136. The Morgan fingerprint density at radius 3 is 2.84 bits per heavy atom. The van der Waals surface area contributed by atoms with Crippen molar-refractivity contribution in [3.05, 3.63) is 69.7 Å². The van der Waals surface area contributed by atoms with Gasteiger partial charge in [0.2, 0.25) is 10.7 Å². The third kappa shape index (κ3) is 3.43. The Bertz CT molecular complexity index is 1590. The maximum absolute atomic E-state index is 13.1. The third-order valence-corrected chi connectivity index (χ3v) is 6.09. The van der Waals surface area contributed by atoms with Gasteiger partial charge in [0.05, 0.1) is 23.0 Å². The van der Waals surface area contributed by atoms with Crippen molar-refractivity contribution in [2.24, 2.45) is 0 Å². The van der Waals surface area contributed by atoms with Crippen LogP contribution in [0.2, 0.25) is 0 Å². The summed E-state index contributed by atoms with van der Waals surface area (Å²) in [7, 11) is 1.49. The van der Waals surface area contributed by atoms with Gasteiger partial charge >= 0.3 is 0 Å². The molecule has 0 saturated heterocycles. The Hall–Kier alpha value is -3.63. The minimum Gasteiger partial charge on any atom is -0.493 e. The molecule has 0 amide bonds. The lowest BCUT2D eigenvalue weighted by Crippen LogP contribution is -2.20. The van der Waals surface area contributed by atoms with Gasteiger partial charge in [0, 0.05) is 24.5 Å². The molecule has 5 rings (SSSR count). The van der Waals surface area contributed by atoms with Crippen LogP contribution < -0.4 is 15.0 Å². The number of aromatic nitrogens is 4. The maximum Gasteiger partial charge on any atom is 0.290 e. The molecule has 0 spiro atoms. The number of rotatable bonds is 5. The summed E-state index contributed by atoms with van der Waals surface area (Å²) in [4.78, 5) is 26.1. The van der Waals surface area contributed by atoms with E-state index in [9.17, 15) is 4.79 Å². The highest BCUT2D eigenvalue weighted by Crippen LogP contribution is 2.32. The van der Waals surface area contributed by atoms with Crippen LogP contribution in [0, 0.1) is 4.84 Å². The van der Waals surface area contributed by atoms with E-state index in [0.717, 1.165) is 16.8 Å². The number of nitrogens with zero attached hydrogens (tertiary/aromatic N) is 4. The summed E-state index contributed by atoms with van der Waals surface area (Å²) in [5.74, 6) is 1.74. The van der Waals surface area contributed by atoms with Gasteiger partial charge in [-0.15, -0.1) is 0 Å². The highest BCUT2D eigenvalue weighted by Gasteiger charge is 2.17. The standard InChI is InChI=1S/C22H16N4O4S2/c1-3-13-15(5-4-9-23-13)29-12-6-7-14-17(11-12)32-21(25-14)26-20(27)18-19(30-22(26)31)16(28-2)8-10-24-18/h4-11H,3H2,1-2H3. The average molecular weight is 465 g/mol. The highest BCUT2D eigenvalue weighted by atomic mass is 32.1. The molecule has 0 aliphatic rings. The van der Waals surface area contributed by atoms with Crippen molar-refractivity contribution in [1.82, 2.24) is 19.5 Å². The predicted molar refractivity (Wildman–Crippen MR) is 124 cm³/mol. The van der Waals surface area contributed by atoms with Gasteiger partial charge in [-0.2, -0.15) is 0 Å². The first-order chi connectivity index (χ1) is 15.6. The minimum absolute atomic E-state index is 0.0349. The molecule has 5 aromatic rings. The molecule has 0 aliphatic carbocycles. The predicted octanol–water partition coefficient (Wildman–Crippen LogP) is 5.08. The van der Waals surface area contributed by atoms with Crippen LogP contribution in [-0.4, -0.2) is 26.6 Å². The van der Waals surface area contributed by atoms with E-state index in [1.54, 1.807) is 12.3 Å². The van der Waals surface area contributed by atoms with E-state index in [1.807, 2.05) is 37.3 Å². The number of pyridine rings is 2. The molecule has 0 unspecified atom stereocenters. The Labute approximate surface area is 190 Å². The normalized spacial score (nSPS) is 11.2. The summed E-state index contributed by atoms with van der Waals surface area (Å²) >= 11 is 6.65. The third-order valence-electron chi connectivity index (χ3n) is 4.82. The van der Waals surface area contributed by atoms with Crippen LogP contribution in [0.5, 0.6) is 17.2 Å². The molecule has 160 valence electrons. The quantitative estimate of drug-likeness (QED) is 0.333. The van der Waals surface area contributed by atoms with E-state index in [4.69, 9.17) is 26.1 Å². The van der Waals surface area contributed by atoms with E-state index < -0.39 is 5.56 Å². The lowest BCUT2D eigenvalue weighted by Gasteiger charge is -2.08. The van der Waals surface area contributed by atoms with Crippen LogP contribution in [0.1, 0.15) is 12.6 Å². The minimum atomic E-state index is -0.423. The second-order valence-corrected chi connectivity index (χ2v) is 8.09. The lowest BCUT2D eigenvalue weighted by atomic mass is 10.2. The number of aryl methyl sites for hydroxylation is 1. The van der Waals surface area contributed by atoms with Crippen molar-refractivity contribution in [2.75, 3.05) is 7.11 Å². The van der Waals surface area contributed by atoms with E-state index >= 15 is 0 Å². The Kier molecular flexibility index (Phi) is 5.16. The molecule has 0 aliphatic heterocycles. The summed E-state index contributed by atoms with van der Waals surface area (Å²) in [5, 5.41) is 0.387. The molecule has 4 aromatic heterocycles. The lowest BCUT2D eigenvalue weighted by molar-refractivity contribution is 0.404. The molecule has 4 heterocycles. The van der Waals surface area contributed by atoms with Crippen molar-refractivity contribution in [2.45, 2.75) is 13.3 Å². The number of benzene rings is 1. The zero-order valence-electron chi connectivity index (χ0n) is 17.1. The van der Waals surface area contributed by atoms with Gasteiger partial charge in [0.25, 0.3) is 10.4 Å². The van der Waals surface area contributed by atoms with E-state index in [2.05, 4.69) is 15.0 Å². The topological polar surface area (TPSA) is 92.3 Å². The molecule has 8 nitrogen and oxygen atoms in total. The summed E-state index contributed by atoms with van der Waals surface area (Å²) in [6, 6.07) is 10.9. The molecule has 0 N–H and O–H groups in total. The van der Waals surface area contributed by atoms with E-state index in [1.165, 1.54) is 29.2 Å². The van der Waals surface area contributed by atoms with Crippen LogP contribution in [0.15, 0.2) is 58.0 Å². The molecule has 32 heavy (non-hydrogen) atoms. The summed E-state index contributed by atoms with van der Waals surface area (Å²) in [6.45, 7) is 2.02. The van der Waals surface area contributed by atoms with Crippen LogP contribution in [-0.2, 0) is 6.42 Å². The van der Waals surface area contributed by atoms with Crippen LogP contribution in [0.25, 0.3) is 26.4 Å². The van der Waals surface area contributed by atoms with Gasteiger partial charge in [0.15, 0.2) is 11.3 Å². The first-order valence-corrected chi connectivity index (χ1v) is 10.9. The van der Waals surface area contributed by atoms with Gasteiger partial charge in [-0.05, 0) is 42.9 Å². The van der Waals surface area contributed by atoms with Crippen molar-refractivity contribution in [3.63, 3.8) is 0 Å².